The molecular formula is C8H17NO2. The minimum absolute atomic E-state index is 0.0741. The molecule has 0 saturated carbocycles. The van der Waals surface area contributed by atoms with Crippen molar-refractivity contribution in [3.05, 3.63) is 0 Å². The molecule has 1 aliphatic heterocycles. The summed E-state index contributed by atoms with van der Waals surface area (Å²) >= 11 is 0. The van der Waals surface area contributed by atoms with E-state index in [-0.39, 0.29) is 5.92 Å². The normalized spacial score (nSPS) is 39.5. The topological polar surface area (TPSA) is 52.5 Å². The first-order valence-electron chi connectivity index (χ1n) is 3.99. The standard InChI is InChI=1S/C8H17NO2/c1-7(2,10)6-4-9-5-8(6,3)11/h6,9-11H,4-5H2,1-3H3. The summed E-state index contributed by atoms with van der Waals surface area (Å²) in [4.78, 5) is 0. The molecule has 3 heteroatoms. The molecule has 0 amide bonds. The zero-order valence-corrected chi connectivity index (χ0v) is 7.39. The van der Waals surface area contributed by atoms with Crippen LogP contribution in [0.25, 0.3) is 0 Å². The molecule has 0 aromatic carbocycles. The van der Waals surface area contributed by atoms with Gasteiger partial charge in [-0.15, -0.1) is 0 Å². The average molecular weight is 159 g/mol. The van der Waals surface area contributed by atoms with Crippen molar-refractivity contribution in [1.29, 1.82) is 0 Å². The molecule has 0 aliphatic carbocycles. The third kappa shape index (κ3) is 1.72. The Kier molecular flexibility index (Phi) is 1.99. The van der Waals surface area contributed by atoms with Crippen molar-refractivity contribution in [2.24, 2.45) is 5.92 Å². The van der Waals surface area contributed by atoms with Crippen molar-refractivity contribution in [3.63, 3.8) is 0 Å². The molecule has 1 heterocycles. The van der Waals surface area contributed by atoms with E-state index in [1.165, 1.54) is 0 Å². The quantitative estimate of drug-likeness (QED) is 0.493. The summed E-state index contributed by atoms with van der Waals surface area (Å²) in [6, 6.07) is 0. The molecule has 0 aromatic rings. The molecule has 0 bridgehead atoms. The van der Waals surface area contributed by atoms with E-state index >= 15 is 0 Å². The second-order valence-corrected chi connectivity index (χ2v) is 4.19. The molecular weight excluding hydrogens is 142 g/mol. The van der Waals surface area contributed by atoms with Crippen molar-refractivity contribution in [3.8, 4) is 0 Å². The molecule has 2 atom stereocenters. The molecule has 0 aromatic heterocycles. The van der Waals surface area contributed by atoms with E-state index in [2.05, 4.69) is 5.32 Å². The van der Waals surface area contributed by atoms with Gasteiger partial charge in [0, 0.05) is 19.0 Å². The van der Waals surface area contributed by atoms with E-state index in [1.54, 1.807) is 20.8 Å². The predicted molar refractivity (Wildman–Crippen MR) is 43.3 cm³/mol. The van der Waals surface area contributed by atoms with Gasteiger partial charge < -0.3 is 15.5 Å². The Labute approximate surface area is 67.4 Å². The summed E-state index contributed by atoms with van der Waals surface area (Å²) < 4.78 is 0. The second kappa shape index (κ2) is 2.44. The largest absolute Gasteiger partial charge is 0.390 e. The molecule has 0 radical (unpaired) electrons. The maximum Gasteiger partial charge on any atom is 0.0810 e. The van der Waals surface area contributed by atoms with Gasteiger partial charge in [0.25, 0.3) is 0 Å². The lowest BCUT2D eigenvalue weighted by molar-refractivity contribution is -0.0711. The predicted octanol–water partition coefficient (Wildman–Crippen LogP) is -0.272. The zero-order chi connectivity index (χ0) is 8.70. The lowest BCUT2D eigenvalue weighted by Gasteiger charge is -2.33. The van der Waals surface area contributed by atoms with Gasteiger partial charge in [-0.2, -0.15) is 0 Å². The fourth-order valence-corrected chi connectivity index (χ4v) is 1.82. The first kappa shape index (κ1) is 8.97. The smallest absolute Gasteiger partial charge is 0.0810 e. The van der Waals surface area contributed by atoms with Gasteiger partial charge in [-0.25, -0.2) is 0 Å². The van der Waals surface area contributed by atoms with Crippen molar-refractivity contribution in [2.45, 2.75) is 32.0 Å². The van der Waals surface area contributed by atoms with Crippen LogP contribution in [0.3, 0.4) is 0 Å². The average Bonchev–Trinajstić information content (AvgIpc) is 2.06. The van der Waals surface area contributed by atoms with Crippen molar-refractivity contribution >= 4 is 0 Å². The van der Waals surface area contributed by atoms with Gasteiger partial charge in [-0.3, -0.25) is 0 Å². The fraction of sp³-hybridized carbons (Fsp3) is 1.00. The molecule has 2 unspecified atom stereocenters. The van der Waals surface area contributed by atoms with Crippen LogP contribution in [0.1, 0.15) is 20.8 Å². The maximum atomic E-state index is 9.77. The summed E-state index contributed by atoms with van der Waals surface area (Å²) in [5.41, 5.74) is -1.56. The third-order valence-corrected chi connectivity index (χ3v) is 2.43. The highest BCUT2D eigenvalue weighted by molar-refractivity contribution is 4.99. The first-order chi connectivity index (χ1) is 4.84. The molecule has 1 fully saturated rings. The van der Waals surface area contributed by atoms with Gasteiger partial charge in [0.15, 0.2) is 0 Å². The van der Waals surface area contributed by atoms with Crippen molar-refractivity contribution in [1.82, 2.24) is 5.32 Å². The Bertz CT molecular complexity index is 149. The Morgan fingerprint density at radius 2 is 2.09 bits per heavy atom. The lowest BCUT2D eigenvalue weighted by Crippen LogP contribution is -2.46. The summed E-state index contributed by atoms with van der Waals surface area (Å²) in [5, 5.41) is 22.5. The second-order valence-electron chi connectivity index (χ2n) is 4.19. The highest BCUT2D eigenvalue weighted by atomic mass is 16.3. The Hall–Kier alpha value is -0.120. The van der Waals surface area contributed by atoms with E-state index in [0.717, 1.165) is 0 Å². The molecule has 3 N–H and O–H groups in total. The summed E-state index contributed by atoms with van der Waals surface area (Å²) in [6.45, 7) is 6.49. The number of hydrogen-bond acceptors (Lipinski definition) is 3. The summed E-state index contributed by atoms with van der Waals surface area (Å²) in [7, 11) is 0. The highest BCUT2D eigenvalue weighted by Crippen LogP contribution is 2.30. The van der Waals surface area contributed by atoms with Crippen LogP contribution >= 0.6 is 0 Å². The van der Waals surface area contributed by atoms with Gasteiger partial charge in [0.2, 0.25) is 0 Å². The number of β-amino-alcohol motifs (C(OH)–C–C–N with tert-alkyl or cyclic N) is 1. The van der Waals surface area contributed by atoms with Gasteiger partial charge in [-0.1, -0.05) is 0 Å². The number of rotatable bonds is 1. The highest BCUT2D eigenvalue weighted by Gasteiger charge is 2.44. The summed E-state index contributed by atoms with van der Waals surface area (Å²) in [5.74, 6) is -0.0741. The van der Waals surface area contributed by atoms with E-state index in [9.17, 15) is 10.2 Å². The number of aliphatic hydroxyl groups is 2. The Morgan fingerprint density at radius 1 is 1.55 bits per heavy atom. The van der Waals surface area contributed by atoms with Gasteiger partial charge in [-0.05, 0) is 20.8 Å². The third-order valence-electron chi connectivity index (χ3n) is 2.43. The molecule has 11 heavy (non-hydrogen) atoms. The molecule has 1 aliphatic rings. The van der Waals surface area contributed by atoms with Gasteiger partial charge in [0.1, 0.15) is 0 Å². The minimum atomic E-state index is -0.799. The number of hydrogen-bond donors (Lipinski definition) is 3. The van der Waals surface area contributed by atoms with Crippen LogP contribution in [0.5, 0.6) is 0 Å². The molecule has 1 saturated heterocycles. The van der Waals surface area contributed by atoms with Crippen LogP contribution in [0, 0.1) is 5.92 Å². The van der Waals surface area contributed by atoms with Gasteiger partial charge >= 0.3 is 0 Å². The molecule has 1 rings (SSSR count). The number of nitrogens with one attached hydrogen (secondary N) is 1. The van der Waals surface area contributed by atoms with E-state index in [1.807, 2.05) is 0 Å². The van der Waals surface area contributed by atoms with Gasteiger partial charge in [0.05, 0.1) is 11.2 Å². The lowest BCUT2D eigenvalue weighted by atomic mass is 9.80. The van der Waals surface area contributed by atoms with Crippen LogP contribution < -0.4 is 5.32 Å². The van der Waals surface area contributed by atoms with E-state index < -0.39 is 11.2 Å². The molecule has 66 valence electrons. The van der Waals surface area contributed by atoms with Crippen LogP contribution in [0.2, 0.25) is 0 Å². The van der Waals surface area contributed by atoms with E-state index in [4.69, 9.17) is 0 Å². The van der Waals surface area contributed by atoms with Crippen molar-refractivity contribution < 1.29 is 10.2 Å². The Balaban J connectivity index is 2.73. The fourth-order valence-electron chi connectivity index (χ4n) is 1.82. The minimum Gasteiger partial charge on any atom is -0.390 e. The zero-order valence-electron chi connectivity index (χ0n) is 7.39. The van der Waals surface area contributed by atoms with Crippen LogP contribution in [-0.4, -0.2) is 34.5 Å². The maximum absolute atomic E-state index is 9.77. The SMILES string of the molecule is CC(C)(O)C1CNCC1(C)O. The molecule has 3 nitrogen and oxygen atoms in total. The Morgan fingerprint density at radius 3 is 2.27 bits per heavy atom. The van der Waals surface area contributed by atoms with Crippen LogP contribution in [0.15, 0.2) is 0 Å². The van der Waals surface area contributed by atoms with Crippen LogP contribution in [0.4, 0.5) is 0 Å². The monoisotopic (exact) mass is 159 g/mol. The molecule has 0 spiro atoms. The summed E-state index contributed by atoms with van der Waals surface area (Å²) in [6.07, 6.45) is 0. The van der Waals surface area contributed by atoms with Crippen molar-refractivity contribution in [2.75, 3.05) is 13.1 Å². The first-order valence-corrected chi connectivity index (χ1v) is 3.99. The van der Waals surface area contributed by atoms with Crippen LogP contribution in [-0.2, 0) is 0 Å². The van der Waals surface area contributed by atoms with E-state index in [0.29, 0.717) is 13.1 Å².